The zero-order chi connectivity index (χ0) is 14.8. The van der Waals surface area contributed by atoms with Gasteiger partial charge in [0, 0.05) is 35.8 Å². The molecular formula is C14H19BrN2O3. The molecule has 1 aromatic rings. The third-order valence-corrected chi connectivity index (χ3v) is 4.26. The van der Waals surface area contributed by atoms with Gasteiger partial charge in [-0.2, -0.15) is 0 Å². The predicted molar refractivity (Wildman–Crippen MR) is 80.7 cm³/mol. The van der Waals surface area contributed by atoms with Gasteiger partial charge in [0.05, 0.1) is 10.5 Å². The van der Waals surface area contributed by atoms with Crippen molar-refractivity contribution in [1.82, 2.24) is 5.32 Å². The fraction of sp³-hybridized carbons (Fsp3) is 0.571. The van der Waals surface area contributed by atoms with E-state index in [1.54, 1.807) is 12.1 Å². The summed E-state index contributed by atoms with van der Waals surface area (Å²) < 4.78 is 6.46. The van der Waals surface area contributed by atoms with Crippen molar-refractivity contribution in [1.29, 1.82) is 0 Å². The molecule has 0 bridgehead atoms. The Morgan fingerprint density at radius 3 is 2.90 bits per heavy atom. The zero-order valence-corrected chi connectivity index (χ0v) is 13.3. The normalized spacial score (nSPS) is 21.6. The van der Waals surface area contributed by atoms with Crippen molar-refractivity contribution in [3.63, 3.8) is 0 Å². The molecule has 5 nitrogen and oxygen atoms in total. The molecule has 1 atom stereocenters. The molecule has 0 aromatic heterocycles. The van der Waals surface area contributed by atoms with Crippen LogP contribution >= 0.6 is 15.9 Å². The Balaban J connectivity index is 1.95. The Kier molecular flexibility index (Phi) is 4.78. The molecule has 1 aliphatic heterocycles. The number of hydrogen-bond donors (Lipinski definition) is 1. The van der Waals surface area contributed by atoms with E-state index in [1.807, 2.05) is 0 Å². The van der Waals surface area contributed by atoms with Gasteiger partial charge in [-0.15, -0.1) is 0 Å². The predicted octanol–water partition coefficient (Wildman–Crippen LogP) is 3.40. The molecule has 1 aromatic carbocycles. The number of halogens is 1. The number of ether oxygens (including phenoxy) is 1. The van der Waals surface area contributed by atoms with E-state index in [9.17, 15) is 10.1 Å². The highest BCUT2D eigenvalue weighted by atomic mass is 79.9. The Labute approximate surface area is 127 Å². The first kappa shape index (κ1) is 15.4. The quantitative estimate of drug-likeness (QED) is 0.672. The molecule has 1 saturated heterocycles. The van der Waals surface area contributed by atoms with E-state index in [1.165, 1.54) is 6.07 Å². The first-order valence-corrected chi connectivity index (χ1v) is 7.47. The average molecular weight is 343 g/mol. The lowest BCUT2D eigenvalue weighted by atomic mass is 9.94. The van der Waals surface area contributed by atoms with Crippen LogP contribution in [-0.4, -0.2) is 23.2 Å². The number of nitro groups is 1. The third kappa shape index (κ3) is 4.01. The van der Waals surface area contributed by atoms with Crippen molar-refractivity contribution in [3.8, 4) is 0 Å². The Morgan fingerprint density at radius 1 is 1.55 bits per heavy atom. The standard InChI is InChI=1S/C14H19BrN2O3/c1-14(2)8-11(5-6-20-14)16-9-10-3-4-12(17(18)19)7-13(10)15/h3-4,7,11,16H,5-6,8-9H2,1-2H3. The van der Waals surface area contributed by atoms with E-state index < -0.39 is 0 Å². The first-order valence-electron chi connectivity index (χ1n) is 6.67. The molecule has 1 aliphatic rings. The fourth-order valence-corrected chi connectivity index (χ4v) is 2.96. The van der Waals surface area contributed by atoms with Crippen LogP contribution in [0, 0.1) is 10.1 Å². The smallest absolute Gasteiger partial charge is 0.270 e. The van der Waals surface area contributed by atoms with Crippen LogP contribution in [0.15, 0.2) is 22.7 Å². The average Bonchev–Trinajstić information content (AvgIpc) is 2.36. The Hall–Kier alpha value is -0.980. The van der Waals surface area contributed by atoms with Gasteiger partial charge in [-0.1, -0.05) is 15.9 Å². The lowest BCUT2D eigenvalue weighted by Gasteiger charge is -2.36. The van der Waals surface area contributed by atoms with E-state index in [-0.39, 0.29) is 16.2 Å². The number of nitrogens with one attached hydrogen (secondary N) is 1. The minimum atomic E-state index is -0.386. The van der Waals surface area contributed by atoms with Crippen molar-refractivity contribution >= 4 is 21.6 Å². The van der Waals surface area contributed by atoms with E-state index in [0.717, 1.165) is 29.5 Å². The molecular weight excluding hydrogens is 324 g/mol. The Morgan fingerprint density at radius 2 is 2.30 bits per heavy atom. The highest BCUT2D eigenvalue weighted by Gasteiger charge is 2.28. The van der Waals surface area contributed by atoms with E-state index >= 15 is 0 Å². The van der Waals surface area contributed by atoms with Gasteiger partial charge < -0.3 is 10.1 Å². The number of hydrogen-bond acceptors (Lipinski definition) is 4. The number of benzene rings is 1. The van der Waals surface area contributed by atoms with Gasteiger partial charge in [-0.25, -0.2) is 0 Å². The minimum absolute atomic E-state index is 0.0807. The highest BCUT2D eigenvalue weighted by Crippen LogP contribution is 2.26. The van der Waals surface area contributed by atoms with Crippen molar-refractivity contribution in [2.75, 3.05) is 6.61 Å². The molecule has 2 rings (SSSR count). The second-order valence-corrected chi connectivity index (χ2v) is 6.57. The van der Waals surface area contributed by atoms with Crippen molar-refractivity contribution in [3.05, 3.63) is 38.3 Å². The molecule has 1 unspecified atom stereocenters. The monoisotopic (exact) mass is 342 g/mol. The van der Waals surface area contributed by atoms with Gasteiger partial charge in [0.25, 0.3) is 5.69 Å². The van der Waals surface area contributed by atoms with Crippen molar-refractivity contribution in [2.45, 2.75) is 44.9 Å². The van der Waals surface area contributed by atoms with Crippen LogP contribution in [0.5, 0.6) is 0 Å². The van der Waals surface area contributed by atoms with Crippen LogP contribution in [-0.2, 0) is 11.3 Å². The van der Waals surface area contributed by atoms with Crippen LogP contribution < -0.4 is 5.32 Å². The molecule has 6 heteroatoms. The topological polar surface area (TPSA) is 64.4 Å². The van der Waals surface area contributed by atoms with Crippen LogP contribution in [0.1, 0.15) is 32.3 Å². The maximum absolute atomic E-state index is 10.7. The molecule has 20 heavy (non-hydrogen) atoms. The molecule has 1 N–H and O–H groups in total. The molecule has 110 valence electrons. The van der Waals surface area contributed by atoms with Crippen LogP contribution in [0.4, 0.5) is 5.69 Å². The van der Waals surface area contributed by atoms with Gasteiger partial charge in [0.15, 0.2) is 0 Å². The van der Waals surface area contributed by atoms with E-state index in [4.69, 9.17) is 4.74 Å². The highest BCUT2D eigenvalue weighted by molar-refractivity contribution is 9.10. The number of nitro benzene ring substituents is 1. The summed E-state index contributed by atoms with van der Waals surface area (Å²) in [7, 11) is 0. The first-order chi connectivity index (χ1) is 9.37. The number of nitrogens with zero attached hydrogens (tertiary/aromatic N) is 1. The summed E-state index contributed by atoms with van der Waals surface area (Å²) in [6.45, 7) is 5.66. The lowest BCUT2D eigenvalue weighted by Crippen LogP contribution is -2.43. The maximum atomic E-state index is 10.7. The van der Waals surface area contributed by atoms with E-state index in [2.05, 4.69) is 35.1 Å². The molecule has 0 saturated carbocycles. The lowest BCUT2D eigenvalue weighted by molar-refractivity contribution is -0.384. The van der Waals surface area contributed by atoms with Crippen LogP contribution in [0.2, 0.25) is 0 Å². The second-order valence-electron chi connectivity index (χ2n) is 5.71. The molecule has 1 fully saturated rings. The van der Waals surface area contributed by atoms with Gasteiger partial charge in [-0.05, 0) is 38.3 Å². The SMILES string of the molecule is CC1(C)CC(NCc2ccc([N+](=O)[O-])cc2Br)CCO1. The molecule has 0 radical (unpaired) electrons. The maximum Gasteiger partial charge on any atom is 0.270 e. The summed E-state index contributed by atoms with van der Waals surface area (Å²) in [6, 6.07) is 5.29. The molecule has 0 spiro atoms. The Bertz CT molecular complexity index is 505. The molecule has 0 amide bonds. The summed E-state index contributed by atoms with van der Waals surface area (Å²) >= 11 is 3.39. The summed E-state index contributed by atoms with van der Waals surface area (Å²) in [6.07, 6.45) is 1.96. The second kappa shape index (κ2) is 6.20. The van der Waals surface area contributed by atoms with Gasteiger partial charge in [0.2, 0.25) is 0 Å². The fourth-order valence-electron chi connectivity index (χ4n) is 2.45. The summed E-state index contributed by atoms with van der Waals surface area (Å²) in [4.78, 5) is 10.3. The molecule has 0 aliphatic carbocycles. The third-order valence-electron chi connectivity index (χ3n) is 3.53. The van der Waals surface area contributed by atoms with Gasteiger partial charge >= 0.3 is 0 Å². The summed E-state index contributed by atoms with van der Waals surface area (Å²) in [5, 5.41) is 14.2. The van der Waals surface area contributed by atoms with Gasteiger partial charge in [-0.3, -0.25) is 10.1 Å². The van der Waals surface area contributed by atoms with Crippen molar-refractivity contribution in [2.24, 2.45) is 0 Å². The zero-order valence-electron chi connectivity index (χ0n) is 11.7. The van der Waals surface area contributed by atoms with Crippen LogP contribution in [0.3, 0.4) is 0 Å². The van der Waals surface area contributed by atoms with Gasteiger partial charge in [0.1, 0.15) is 0 Å². The molecule has 1 heterocycles. The van der Waals surface area contributed by atoms with Crippen LogP contribution in [0.25, 0.3) is 0 Å². The summed E-state index contributed by atoms with van der Waals surface area (Å²) in [5.41, 5.74) is 1.05. The number of rotatable bonds is 4. The van der Waals surface area contributed by atoms with E-state index in [0.29, 0.717) is 12.6 Å². The largest absolute Gasteiger partial charge is 0.375 e. The van der Waals surface area contributed by atoms with Crippen molar-refractivity contribution < 1.29 is 9.66 Å². The minimum Gasteiger partial charge on any atom is -0.375 e. The number of non-ortho nitro benzene ring substituents is 1. The summed E-state index contributed by atoms with van der Waals surface area (Å²) in [5.74, 6) is 0.